The van der Waals surface area contributed by atoms with Gasteiger partial charge in [0.2, 0.25) is 10.0 Å². The Morgan fingerprint density at radius 2 is 2.00 bits per heavy atom. The molecule has 1 N–H and O–H groups in total. The fraction of sp³-hybridized carbons (Fsp3) is 0.389. The van der Waals surface area contributed by atoms with E-state index in [1.54, 1.807) is 35.6 Å². The van der Waals surface area contributed by atoms with Crippen molar-refractivity contribution >= 4 is 33.0 Å². The molecule has 1 aromatic carbocycles. The molecule has 0 spiro atoms. The third-order valence-electron chi connectivity index (χ3n) is 4.47. The van der Waals surface area contributed by atoms with E-state index in [0.717, 1.165) is 0 Å². The average Bonchev–Trinajstić information content (AvgIpc) is 3.24. The molecule has 26 heavy (non-hydrogen) atoms. The molecule has 1 aromatic heterocycles. The highest BCUT2D eigenvalue weighted by molar-refractivity contribution is 7.93. The zero-order valence-electron chi connectivity index (χ0n) is 14.9. The van der Waals surface area contributed by atoms with Crippen molar-refractivity contribution in [2.75, 3.05) is 37.2 Å². The molecule has 8 heteroatoms. The fourth-order valence-electron chi connectivity index (χ4n) is 3.02. The molecule has 1 amide bonds. The van der Waals surface area contributed by atoms with Crippen LogP contribution in [0.4, 0.5) is 5.69 Å². The van der Waals surface area contributed by atoms with Gasteiger partial charge in [0, 0.05) is 23.5 Å². The second-order valence-corrected chi connectivity index (χ2v) is 9.49. The van der Waals surface area contributed by atoms with Gasteiger partial charge in [-0.2, -0.15) is 0 Å². The Hall–Kier alpha value is -1.90. The Labute approximate surface area is 158 Å². The minimum atomic E-state index is -3.20. The lowest BCUT2D eigenvalue weighted by Gasteiger charge is -2.23. The quantitative estimate of drug-likeness (QED) is 0.818. The first-order valence-electron chi connectivity index (χ1n) is 8.47. The van der Waals surface area contributed by atoms with Gasteiger partial charge in [0.25, 0.3) is 5.91 Å². The highest BCUT2D eigenvalue weighted by Gasteiger charge is 2.28. The monoisotopic (exact) mass is 393 g/mol. The van der Waals surface area contributed by atoms with Crippen LogP contribution in [-0.2, 0) is 10.0 Å². The van der Waals surface area contributed by atoms with Crippen molar-refractivity contribution in [1.82, 2.24) is 10.2 Å². The summed E-state index contributed by atoms with van der Waals surface area (Å²) in [5, 5.41) is 4.99. The second-order valence-electron chi connectivity index (χ2n) is 6.49. The molecule has 1 aliphatic heterocycles. The molecular formula is C18H23N3O3S2. The van der Waals surface area contributed by atoms with E-state index < -0.39 is 10.0 Å². The summed E-state index contributed by atoms with van der Waals surface area (Å²) >= 11 is 1.67. The number of amides is 1. The van der Waals surface area contributed by atoms with Crippen LogP contribution in [0.25, 0.3) is 0 Å². The highest BCUT2D eigenvalue weighted by Crippen LogP contribution is 2.25. The summed E-state index contributed by atoms with van der Waals surface area (Å²) < 4.78 is 25.4. The van der Waals surface area contributed by atoms with Gasteiger partial charge in [0.15, 0.2) is 0 Å². The van der Waals surface area contributed by atoms with Crippen LogP contribution < -0.4 is 9.62 Å². The molecule has 1 atom stereocenters. The molecule has 140 valence electrons. The molecule has 1 aliphatic rings. The number of hydrogen-bond donors (Lipinski definition) is 1. The van der Waals surface area contributed by atoms with Gasteiger partial charge in [-0.3, -0.25) is 9.10 Å². The molecule has 1 fully saturated rings. The fourth-order valence-corrected chi connectivity index (χ4v) is 5.51. The molecule has 3 rings (SSSR count). The first-order chi connectivity index (χ1) is 12.4. The highest BCUT2D eigenvalue weighted by atomic mass is 32.2. The zero-order chi connectivity index (χ0) is 18.7. The Bertz CT molecular complexity index is 846. The Balaban J connectivity index is 1.65. The predicted molar refractivity (Wildman–Crippen MR) is 105 cm³/mol. The lowest BCUT2D eigenvalue weighted by Crippen LogP contribution is -2.34. The van der Waals surface area contributed by atoms with E-state index in [-0.39, 0.29) is 17.7 Å². The lowest BCUT2D eigenvalue weighted by atomic mass is 10.1. The Kier molecular flexibility index (Phi) is 5.64. The lowest BCUT2D eigenvalue weighted by molar-refractivity contribution is 0.0942. The predicted octanol–water partition coefficient (Wildman–Crippen LogP) is 2.32. The SMILES string of the molecule is CN(C)C(CNC(=O)c1ccc(N2CCCS2(=O)=O)cc1)c1cccs1. The number of nitrogens with zero attached hydrogens (tertiary/aromatic N) is 2. The van der Waals surface area contributed by atoms with Gasteiger partial charge in [-0.25, -0.2) is 8.42 Å². The van der Waals surface area contributed by atoms with Crippen LogP contribution in [0.3, 0.4) is 0 Å². The van der Waals surface area contributed by atoms with E-state index in [9.17, 15) is 13.2 Å². The van der Waals surface area contributed by atoms with Gasteiger partial charge in [-0.1, -0.05) is 6.07 Å². The van der Waals surface area contributed by atoms with E-state index in [0.29, 0.717) is 30.8 Å². The van der Waals surface area contributed by atoms with Crippen molar-refractivity contribution in [2.24, 2.45) is 0 Å². The van der Waals surface area contributed by atoms with Gasteiger partial charge in [-0.05, 0) is 56.2 Å². The third-order valence-corrected chi connectivity index (χ3v) is 7.31. The summed E-state index contributed by atoms with van der Waals surface area (Å²) in [6, 6.07) is 10.9. The summed E-state index contributed by atoms with van der Waals surface area (Å²) in [4.78, 5) is 15.7. The van der Waals surface area contributed by atoms with E-state index in [1.807, 2.05) is 25.5 Å². The van der Waals surface area contributed by atoms with Crippen LogP contribution in [0, 0.1) is 0 Å². The number of thiophene rings is 1. The molecule has 0 saturated carbocycles. The van der Waals surface area contributed by atoms with Gasteiger partial charge in [0.1, 0.15) is 0 Å². The van der Waals surface area contributed by atoms with Crippen LogP contribution >= 0.6 is 11.3 Å². The summed E-state index contributed by atoms with van der Waals surface area (Å²) in [6.07, 6.45) is 0.638. The number of benzene rings is 1. The molecule has 2 aromatic rings. The van der Waals surface area contributed by atoms with Crippen LogP contribution in [0.1, 0.15) is 27.7 Å². The first-order valence-corrected chi connectivity index (χ1v) is 11.0. The number of nitrogens with one attached hydrogen (secondary N) is 1. The standard InChI is InChI=1S/C18H23N3O3S2/c1-20(2)16(17-5-3-11-25-17)13-19-18(22)14-6-8-15(9-7-14)21-10-4-12-26(21,23)24/h3,5-9,11,16H,4,10,12-13H2,1-2H3,(H,19,22). The largest absolute Gasteiger partial charge is 0.350 e. The van der Waals surface area contributed by atoms with Crippen molar-refractivity contribution in [3.63, 3.8) is 0 Å². The van der Waals surface area contributed by atoms with Gasteiger partial charge in [-0.15, -0.1) is 11.3 Å². The van der Waals surface area contributed by atoms with Gasteiger partial charge >= 0.3 is 0 Å². The maximum atomic E-state index is 12.4. The summed E-state index contributed by atoms with van der Waals surface area (Å²) in [5.41, 5.74) is 1.14. The number of rotatable bonds is 6. The van der Waals surface area contributed by atoms with Crippen molar-refractivity contribution < 1.29 is 13.2 Å². The summed E-state index contributed by atoms with van der Waals surface area (Å²) in [5.74, 6) is 0.0217. The van der Waals surface area contributed by atoms with Crippen molar-refractivity contribution in [2.45, 2.75) is 12.5 Å². The normalized spacial score (nSPS) is 17.4. The smallest absolute Gasteiger partial charge is 0.251 e. The topological polar surface area (TPSA) is 69.7 Å². The van der Waals surface area contributed by atoms with Gasteiger partial charge in [0.05, 0.1) is 17.5 Å². The number of carbonyl (C=O) groups is 1. The molecule has 0 aliphatic carbocycles. The van der Waals surface area contributed by atoms with Crippen molar-refractivity contribution in [1.29, 1.82) is 0 Å². The first kappa shape index (κ1) is 18.9. The summed E-state index contributed by atoms with van der Waals surface area (Å²) in [7, 11) is 0.775. The Morgan fingerprint density at radius 1 is 1.27 bits per heavy atom. The second kappa shape index (κ2) is 7.77. The number of sulfonamides is 1. The van der Waals surface area contributed by atoms with Crippen LogP contribution in [-0.4, -0.2) is 52.2 Å². The third kappa shape index (κ3) is 4.08. The molecule has 1 saturated heterocycles. The molecule has 0 radical (unpaired) electrons. The number of likely N-dealkylation sites (N-methyl/N-ethyl adjacent to an activating group) is 1. The molecule has 2 heterocycles. The molecule has 6 nitrogen and oxygen atoms in total. The van der Waals surface area contributed by atoms with Crippen LogP contribution in [0.2, 0.25) is 0 Å². The zero-order valence-corrected chi connectivity index (χ0v) is 16.5. The van der Waals surface area contributed by atoms with Crippen molar-refractivity contribution in [3.8, 4) is 0 Å². The number of carbonyl (C=O) groups excluding carboxylic acids is 1. The number of hydrogen-bond acceptors (Lipinski definition) is 5. The van der Waals surface area contributed by atoms with Crippen LogP contribution in [0.15, 0.2) is 41.8 Å². The van der Waals surface area contributed by atoms with Gasteiger partial charge < -0.3 is 10.2 Å². The minimum Gasteiger partial charge on any atom is -0.350 e. The molecular weight excluding hydrogens is 370 g/mol. The minimum absolute atomic E-state index is 0.118. The van der Waals surface area contributed by atoms with E-state index in [4.69, 9.17) is 0 Å². The van der Waals surface area contributed by atoms with Crippen LogP contribution in [0.5, 0.6) is 0 Å². The average molecular weight is 394 g/mol. The maximum Gasteiger partial charge on any atom is 0.251 e. The molecule has 1 unspecified atom stereocenters. The van der Waals surface area contributed by atoms with E-state index in [1.165, 1.54) is 9.18 Å². The van der Waals surface area contributed by atoms with E-state index in [2.05, 4.69) is 16.3 Å². The van der Waals surface area contributed by atoms with Crippen molar-refractivity contribution in [3.05, 3.63) is 52.2 Å². The molecule has 0 bridgehead atoms. The maximum absolute atomic E-state index is 12.4. The summed E-state index contributed by atoms with van der Waals surface area (Å²) in [6.45, 7) is 1.01. The van der Waals surface area contributed by atoms with E-state index >= 15 is 0 Å². The number of anilines is 1. The Morgan fingerprint density at radius 3 is 2.54 bits per heavy atom.